The summed E-state index contributed by atoms with van der Waals surface area (Å²) in [7, 11) is 0. The Morgan fingerprint density at radius 2 is 1.67 bits per heavy atom. The van der Waals surface area contributed by atoms with Crippen LogP contribution in [0.25, 0.3) is 11.3 Å². The molecule has 0 saturated heterocycles. The maximum absolute atomic E-state index is 14.4. The topological polar surface area (TPSA) is 115 Å². The van der Waals surface area contributed by atoms with E-state index in [0.29, 0.717) is 28.6 Å². The lowest BCUT2D eigenvalue weighted by atomic mass is 10.1. The molecule has 2 heterocycles. The van der Waals surface area contributed by atoms with E-state index < -0.39 is 46.5 Å². The van der Waals surface area contributed by atoms with Crippen LogP contribution in [0.15, 0.2) is 78.9 Å². The van der Waals surface area contributed by atoms with Gasteiger partial charge < -0.3 is 24.3 Å². The van der Waals surface area contributed by atoms with Crippen LogP contribution in [0.5, 0.6) is 0 Å². The molecule has 1 aliphatic rings. The summed E-state index contributed by atoms with van der Waals surface area (Å²) in [6.45, 7) is 5.58. The highest BCUT2D eigenvalue weighted by Gasteiger charge is 2.46. The van der Waals surface area contributed by atoms with E-state index in [0.717, 1.165) is 17.3 Å². The van der Waals surface area contributed by atoms with Gasteiger partial charge in [0, 0.05) is 24.3 Å². The van der Waals surface area contributed by atoms with Crippen molar-refractivity contribution < 1.29 is 32.6 Å². The first-order chi connectivity index (χ1) is 22.9. The van der Waals surface area contributed by atoms with Crippen molar-refractivity contribution in [1.29, 1.82) is 0 Å². The number of halogens is 2. The Bertz CT molecular complexity index is 1780. The SMILES string of the molecule is CSC(CC(=O)OCc1ccccc1)(NC(=O)OC(C)(C)C)C(=O)N1CCn2c(nc(-c3cccc(F)c3)c2Nc2ccc(F)cc2)C1. The lowest BCUT2D eigenvalue weighted by Crippen LogP contribution is -2.60. The number of anilines is 2. The third-order valence-corrected chi connectivity index (χ3v) is 8.62. The molecule has 4 aromatic rings. The maximum Gasteiger partial charge on any atom is 0.409 e. The molecule has 252 valence electrons. The average molecular weight is 678 g/mol. The Morgan fingerprint density at radius 3 is 2.33 bits per heavy atom. The highest BCUT2D eigenvalue weighted by molar-refractivity contribution is 8.00. The Morgan fingerprint density at radius 1 is 0.938 bits per heavy atom. The minimum absolute atomic E-state index is 0.00139. The van der Waals surface area contributed by atoms with Crippen LogP contribution >= 0.6 is 11.8 Å². The molecule has 0 bridgehead atoms. The van der Waals surface area contributed by atoms with Crippen LogP contribution in [-0.2, 0) is 38.8 Å². The summed E-state index contributed by atoms with van der Waals surface area (Å²) < 4.78 is 40.8. The molecule has 1 aromatic heterocycles. The van der Waals surface area contributed by atoms with Crippen LogP contribution in [0, 0.1) is 11.6 Å². The number of hydrogen-bond acceptors (Lipinski definition) is 8. The number of benzene rings is 3. The summed E-state index contributed by atoms with van der Waals surface area (Å²) in [5.41, 5.74) is 1.45. The number of rotatable bonds is 10. The molecule has 10 nitrogen and oxygen atoms in total. The number of aromatic nitrogens is 2. The fraction of sp³-hybridized carbons (Fsp3) is 0.314. The summed E-state index contributed by atoms with van der Waals surface area (Å²) in [5.74, 6) is -1.03. The predicted molar refractivity (Wildman–Crippen MR) is 179 cm³/mol. The van der Waals surface area contributed by atoms with Crippen molar-refractivity contribution >= 4 is 41.2 Å². The van der Waals surface area contributed by atoms with Gasteiger partial charge in [0.15, 0.2) is 4.87 Å². The van der Waals surface area contributed by atoms with Crippen molar-refractivity contribution in [3.05, 3.63) is 102 Å². The molecule has 1 aliphatic heterocycles. The molecule has 0 saturated carbocycles. The molecule has 13 heteroatoms. The number of imidazole rings is 1. The van der Waals surface area contributed by atoms with Gasteiger partial charge >= 0.3 is 12.1 Å². The lowest BCUT2D eigenvalue weighted by Gasteiger charge is -2.38. The molecule has 0 fully saturated rings. The van der Waals surface area contributed by atoms with E-state index in [1.165, 1.54) is 29.2 Å². The zero-order chi connectivity index (χ0) is 34.5. The fourth-order valence-electron chi connectivity index (χ4n) is 5.24. The third kappa shape index (κ3) is 8.32. The first-order valence-electron chi connectivity index (χ1n) is 15.3. The molecular formula is C35H37F2N5O5S. The number of hydrogen-bond donors (Lipinski definition) is 2. The molecule has 1 atom stereocenters. The minimum Gasteiger partial charge on any atom is -0.461 e. The number of thioether (sulfide) groups is 1. The van der Waals surface area contributed by atoms with Gasteiger partial charge in [0.05, 0.1) is 13.0 Å². The maximum atomic E-state index is 14.4. The van der Waals surface area contributed by atoms with Gasteiger partial charge in [0.25, 0.3) is 5.91 Å². The van der Waals surface area contributed by atoms with Gasteiger partial charge in [0.2, 0.25) is 0 Å². The lowest BCUT2D eigenvalue weighted by molar-refractivity contribution is -0.149. The second-order valence-electron chi connectivity index (χ2n) is 12.2. The fourth-order valence-corrected chi connectivity index (χ4v) is 5.99. The summed E-state index contributed by atoms with van der Waals surface area (Å²) in [6, 6.07) is 20.9. The Labute approximate surface area is 281 Å². The van der Waals surface area contributed by atoms with E-state index in [4.69, 9.17) is 14.5 Å². The number of carbonyl (C=O) groups is 3. The third-order valence-electron chi connectivity index (χ3n) is 7.50. The predicted octanol–water partition coefficient (Wildman–Crippen LogP) is 6.63. The van der Waals surface area contributed by atoms with E-state index in [-0.39, 0.29) is 26.2 Å². The number of amides is 2. The van der Waals surface area contributed by atoms with E-state index in [1.807, 2.05) is 34.9 Å². The van der Waals surface area contributed by atoms with Crippen molar-refractivity contribution in [1.82, 2.24) is 19.8 Å². The molecule has 0 spiro atoms. The molecule has 5 rings (SSSR count). The van der Waals surface area contributed by atoms with Crippen LogP contribution in [-0.4, -0.2) is 55.7 Å². The van der Waals surface area contributed by atoms with E-state index >= 15 is 0 Å². The van der Waals surface area contributed by atoms with Gasteiger partial charge in [-0.2, -0.15) is 0 Å². The van der Waals surface area contributed by atoms with Crippen molar-refractivity contribution in [2.75, 3.05) is 18.1 Å². The van der Waals surface area contributed by atoms with Gasteiger partial charge in [-0.05, 0) is 69.0 Å². The van der Waals surface area contributed by atoms with Crippen LogP contribution in [0.3, 0.4) is 0 Å². The number of carbonyl (C=O) groups excluding carboxylic acids is 3. The van der Waals surface area contributed by atoms with Crippen LogP contribution in [0.4, 0.5) is 25.1 Å². The van der Waals surface area contributed by atoms with E-state index in [9.17, 15) is 23.2 Å². The number of fused-ring (bicyclic) bond motifs is 1. The molecular weight excluding hydrogens is 640 g/mol. The monoisotopic (exact) mass is 677 g/mol. The first-order valence-corrected chi connectivity index (χ1v) is 16.5. The zero-order valence-electron chi connectivity index (χ0n) is 27.1. The van der Waals surface area contributed by atoms with Gasteiger partial charge in [-0.25, -0.2) is 18.6 Å². The summed E-state index contributed by atoms with van der Waals surface area (Å²) in [5, 5.41) is 5.95. The molecule has 3 aromatic carbocycles. The second kappa shape index (κ2) is 14.5. The number of ether oxygens (including phenoxy) is 2. The van der Waals surface area contributed by atoms with Gasteiger partial charge in [-0.3, -0.25) is 14.9 Å². The highest BCUT2D eigenvalue weighted by atomic mass is 32.2. The van der Waals surface area contributed by atoms with Crippen LogP contribution < -0.4 is 10.6 Å². The average Bonchev–Trinajstić information content (AvgIpc) is 3.41. The molecule has 48 heavy (non-hydrogen) atoms. The Balaban J connectivity index is 1.44. The van der Waals surface area contributed by atoms with Crippen molar-refractivity contribution in [3.63, 3.8) is 0 Å². The van der Waals surface area contributed by atoms with Crippen molar-refractivity contribution in [3.8, 4) is 11.3 Å². The normalized spacial score (nSPS) is 14.0. The Kier molecular flexibility index (Phi) is 10.4. The first kappa shape index (κ1) is 34.4. The summed E-state index contributed by atoms with van der Waals surface area (Å²) >= 11 is 0.999. The molecule has 1 unspecified atom stereocenters. The quantitative estimate of drug-likeness (QED) is 0.142. The molecule has 0 aliphatic carbocycles. The van der Waals surface area contributed by atoms with Gasteiger partial charge in [-0.15, -0.1) is 11.8 Å². The number of esters is 1. The zero-order valence-corrected chi connectivity index (χ0v) is 27.9. The molecule has 2 N–H and O–H groups in total. The standard InChI is InChI=1S/C35H37F2N5O5S/c1-34(2,3)47-33(45)40-35(48-4,20-29(43)46-22-23-9-6-5-7-10-23)32(44)41-17-18-42-28(21-41)39-30(24-11-8-12-26(37)19-24)31(42)38-27-15-13-25(36)14-16-27/h5-16,19,38H,17-18,20-22H2,1-4H3,(H,40,45). The largest absolute Gasteiger partial charge is 0.461 e. The number of nitrogens with one attached hydrogen (secondary N) is 2. The highest BCUT2D eigenvalue weighted by Crippen LogP contribution is 2.35. The van der Waals surface area contributed by atoms with Gasteiger partial charge in [-0.1, -0.05) is 42.5 Å². The number of alkyl carbamates (subject to hydrolysis) is 1. The van der Waals surface area contributed by atoms with Crippen molar-refractivity contribution in [2.45, 2.75) is 57.4 Å². The smallest absolute Gasteiger partial charge is 0.409 e. The van der Waals surface area contributed by atoms with Gasteiger partial charge in [0.1, 0.15) is 41.2 Å². The molecule has 2 amide bonds. The Hall–Kier alpha value is -4.91. The van der Waals surface area contributed by atoms with Crippen LogP contribution in [0.1, 0.15) is 38.6 Å². The second-order valence-corrected chi connectivity index (χ2v) is 13.3. The van der Waals surface area contributed by atoms with E-state index in [1.54, 1.807) is 51.3 Å². The molecule has 0 radical (unpaired) electrons. The van der Waals surface area contributed by atoms with E-state index in [2.05, 4.69) is 10.6 Å². The minimum atomic E-state index is -1.76. The summed E-state index contributed by atoms with van der Waals surface area (Å²) in [4.78, 5) is 45.2. The van der Waals surface area contributed by atoms with Crippen LogP contribution in [0.2, 0.25) is 0 Å². The van der Waals surface area contributed by atoms with Crippen molar-refractivity contribution in [2.24, 2.45) is 0 Å². The summed E-state index contributed by atoms with van der Waals surface area (Å²) in [6.07, 6.45) is 0.298. The number of nitrogens with zero attached hydrogens (tertiary/aromatic N) is 3.